The van der Waals surface area contributed by atoms with Crippen LogP contribution in [0.3, 0.4) is 0 Å². The van der Waals surface area contributed by atoms with Crippen LogP contribution in [-0.4, -0.2) is 20.8 Å². The molecular formula is C13H15FN4. The van der Waals surface area contributed by atoms with Crippen molar-refractivity contribution in [1.29, 1.82) is 0 Å². The average molecular weight is 246 g/mol. The van der Waals surface area contributed by atoms with Gasteiger partial charge in [0.1, 0.15) is 17.5 Å². The Bertz CT molecular complexity index is 564. The highest BCUT2D eigenvalue weighted by Crippen LogP contribution is 2.16. The second kappa shape index (κ2) is 4.49. The highest BCUT2D eigenvalue weighted by molar-refractivity contribution is 5.20. The largest absolute Gasteiger partial charge is 0.326 e. The molecule has 0 saturated carbocycles. The molecule has 4 nitrogen and oxygen atoms in total. The molecule has 94 valence electrons. The number of rotatable bonds is 2. The second-order valence-corrected chi connectivity index (χ2v) is 4.75. The second-order valence-electron chi connectivity index (χ2n) is 4.75. The summed E-state index contributed by atoms with van der Waals surface area (Å²) >= 11 is 0. The van der Waals surface area contributed by atoms with Gasteiger partial charge in [0, 0.05) is 25.4 Å². The monoisotopic (exact) mass is 246 g/mol. The van der Waals surface area contributed by atoms with Gasteiger partial charge in [-0.25, -0.2) is 4.39 Å². The van der Waals surface area contributed by atoms with Crippen LogP contribution in [0.5, 0.6) is 0 Å². The van der Waals surface area contributed by atoms with Gasteiger partial charge in [-0.15, -0.1) is 10.2 Å². The van der Waals surface area contributed by atoms with Gasteiger partial charge in [-0.3, -0.25) is 0 Å². The fraction of sp³-hybridized carbons (Fsp3) is 0.385. The van der Waals surface area contributed by atoms with Gasteiger partial charge in [-0.1, -0.05) is 12.1 Å². The highest BCUT2D eigenvalue weighted by atomic mass is 19.1. The van der Waals surface area contributed by atoms with Gasteiger partial charge in [0.25, 0.3) is 0 Å². The van der Waals surface area contributed by atoms with Gasteiger partial charge in [-0.05, 0) is 24.1 Å². The molecule has 1 aliphatic rings. The molecule has 18 heavy (non-hydrogen) atoms. The molecule has 0 bridgehead atoms. The molecular weight excluding hydrogens is 231 g/mol. The lowest BCUT2D eigenvalue weighted by molar-refractivity contribution is 0.445. The van der Waals surface area contributed by atoms with E-state index in [1.54, 1.807) is 6.07 Å². The number of hydrogen-bond acceptors (Lipinski definition) is 3. The van der Waals surface area contributed by atoms with Crippen LogP contribution in [0, 0.1) is 5.82 Å². The predicted molar refractivity (Wildman–Crippen MR) is 65.5 cm³/mol. The molecule has 0 radical (unpaired) electrons. The summed E-state index contributed by atoms with van der Waals surface area (Å²) in [6, 6.07) is 6.75. The van der Waals surface area contributed by atoms with Gasteiger partial charge in [-0.2, -0.15) is 0 Å². The van der Waals surface area contributed by atoms with Crippen molar-refractivity contribution >= 4 is 0 Å². The van der Waals surface area contributed by atoms with Crippen molar-refractivity contribution < 1.29 is 4.39 Å². The summed E-state index contributed by atoms with van der Waals surface area (Å²) in [5, 5.41) is 8.37. The van der Waals surface area contributed by atoms with E-state index in [-0.39, 0.29) is 11.9 Å². The van der Waals surface area contributed by atoms with E-state index < -0.39 is 0 Å². The Labute approximate surface area is 105 Å². The molecule has 3 rings (SSSR count). The minimum atomic E-state index is -0.220. The number of hydrogen-bond donors (Lipinski definition) is 1. The van der Waals surface area contributed by atoms with Crippen molar-refractivity contribution in [3.05, 3.63) is 47.3 Å². The molecule has 2 N–H and O–H groups in total. The van der Waals surface area contributed by atoms with Crippen LogP contribution in [0.15, 0.2) is 24.3 Å². The predicted octanol–water partition coefficient (Wildman–Crippen LogP) is 1.28. The van der Waals surface area contributed by atoms with E-state index in [4.69, 9.17) is 5.73 Å². The maximum absolute atomic E-state index is 13.1. The van der Waals surface area contributed by atoms with Crippen LogP contribution in [0.4, 0.5) is 4.39 Å². The third-order valence-corrected chi connectivity index (χ3v) is 3.31. The van der Waals surface area contributed by atoms with Crippen LogP contribution in [0.25, 0.3) is 0 Å². The smallest absolute Gasteiger partial charge is 0.137 e. The number of aryl methyl sites for hydroxylation is 1. The zero-order valence-electron chi connectivity index (χ0n) is 10.0. The number of nitrogens with two attached hydrogens (primary N) is 1. The van der Waals surface area contributed by atoms with Crippen molar-refractivity contribution in [2.75, 3.05) is 0 Å². The van der Waals surface area contributed by atoms with Crippen molar-refractivity contribution in [2.45, 2.75) is 31.8 Å². The van der Waals surface area contributed by atoms with Crippen LogP contribution in [0.2, 0.25) is 0 Å². The Balaban J connectivity index is 1.87. The molecule has 1 aromatic heterocycles. The summed E-state index contributed by atoms with van der Waals surface area (Å²) in [5.74, 6) is 1.64. The average Bonchev–Trinajstić information content (AvgIpc) is 2.72. The van der Waals surface area contributed by atoms with Crippen molar-refractivity contribution in [1.82, 2.24) is 14.8 Å². The molecule has 0 amide bonds. The van der Waals surface area contributed by atoms with Crippen LogP contribution in [0.1, 0.15) is 23.6 Å². The number of aromatic nitrogens is 3. The number of benzene rings is 1. The van der Waals surface area contributed by atoms with E-state index in [1.165, 1.54) is 12.1 Å². The van der Waals surface area contributed by atoms with Gasteiger partial charge in [0.05, 0.1) is 0 Å². The van der Waals surface area contributed by atoms with Crippen LogP contribution in [-0.2, 0) is 19.4 Å². The first kappa shape index (κ1) is 11.3. The molecule has 1 atom stereocenters. The minimum Gasteiger partial charge on any atom is -0.326 e. The standard InChI is InChI=1S/C13H15FN4/c14-10-3-1-2-9(6-10)7-13-17-16-12-5-4-11(15)8-18(12)13/h1-3,6,11H,4-5,7-8,15H2. The van der Waals surface area contributed by atoms with E-state index in [1.807, 2.05) is 6.07 Å². The Kier molecular flexibility index (Phi) is 2.83. The highest BCUT2D eigenvalue weighted by Gasteiger charge is 2.20. The number of halogens is 1. The van der Waals surface area contributed by atoms with Gasteiger partial charge >= 0.3 is 0 Å². The number of nitrogens with zero attached hydrogens (tertiary/aromatic N) is 3. The van der Waals surface area contributed by atoms with Gasteiger partial charge in [0.2, 0.25) is 0 Å². The summed E-state index contributed by atoms with van der Waals surface area (Å²) in [6.45, 7) is 0.757. The Hall–Kier alpha value is -1.75. The number of fused-ring (bicyclic) bond motifs is 1. The fourth-order valence-corrected chi connectivity index (χ4v) is 2.37. The van der Waals surface area contributed by atoms with Crippen molar-refractivity contribution in [2.24, 2.45) is 5.73 Å². The van der Waals surface area contributed by atoms with Crippen molar-refractivity contribution in [3.63, 3.8) is 0 Å². The summed E-state index contributed by atoms with van der Waals surface area (Å²) in [5.41, 5.74) is 6.87. The normalized spacial score (nSPS) is 18.7. The lowest BCUT2D eigenvalue weighted by Gasteiger charge is -2.20. The summed E-state index contributed by atoms with van der Waals surface area (Å²) in [6.07, 6.45) is 2.42. The minimum absolute atomic E-state index is 0.166. The molecule has 2 aromatic rings. The molecule has 0 spiro atoms. The lowest BCUT2D eigenvalue weighted by Crippen LogP contribution is -2.32. The molecule has 2 heterocycles. The first-order chi connectivity index (χ1) is 8.72. The third kappa shape index (κ3) is 2.13. The first-order valence-corrected chi connectivity index (χ1v) is 6.13. The zero-order chi connectivity index (χ0) is 12.5. The molecule has 0 saturated heterocycles. The van der Waals surface area contributed by atoms with E-state index >= 15 is 0 Å². The Morgan fingerprint density at radius 3 is 3.11 bits per heavy atom. The quantitative estimate of drug-likeness (QED) is 0.868. The zero-order valence-corrected chi connectivity index (χ0v) is 10.0. The lowest BCUT2D eigenvalue weighted by atomic mass is 10.1. The maximum Gasteiger partial charge on any atom is 0.137 e. The van der Waals surface area contributed by atoms with Crippen molar-refractivity contribution in [3.8, 4) is 0 Å². The Morgan fingerprint density at radius 2 is 2.28 bits per heavy atom. The van der Waals surface area contributed by atoms with Gasteiger partial charge in [0.15, 0.2) is 0 Å². The molecule has 0 fully saturated rings. The van der Waals surface area contributed by atoms with E-state index in [2.05, 4.69) is 14.8 Å². The topological polar surface area (TPSA) is 56.7 Å². The molecule has 1 aromatic carbocycles. The van der Waals surface area contributed by atoms with Crippen LogP contribution < -0.4 is 5.73 Å². The molecule has 0 aliphatic carbocycles. The summed E-state index contributed by atoms with van der Waals surface area (Å²) in [7, 11) is 0. The summed E-state index contributed by atoms with van der Waals surface area (Å²) < 4.78 is 15.2. The van der Waals surface area contributed by atoms with E-state index in [9.17, 15) is 4.39 Å². The van der Waals surface area contributed by atoms with E-state index in [0.29, 0.717) is 6.42 Å². The maximum atomic E-state index is 13.1. The molecule has 1 aliphatic heterocycles. The van der Waals surface area contributed by atoms with Crippen LogP contribution >= 0.6 is 0 Å². The van der Waals surface area contributed by atoms with Gasteiger partial charge < -0.3 is 10.3 Å². The first-order valence-electron chi connectivity index (χ1n) is 6.13. The molecule has 1 unspecified atom stereocenters. The van der Waals surface area contributed by atoms with E-state index in [0.717, 1.165) is 36.6 Å². The third-order valence-electron chi connectivity index (χ3n) is 3.31. The fourth-order valence-electron chi connectivity index (χ4n) is 2.37. The summed E-state index contributed by atoms with van der Waals surface area (Å²) in [4.78, 5) is 0. The Morgan fingerprint density at radius 1 is 1.39 bits per heavy atom. The SMILES string of the molecule is NC1CCc2nnc(Cc3cccc(F)c3)n2C1. The molecule has 5 heteroatoms.